The molecule has 4 heteroatoms. The van der Waals surface area contributed by atoms with Crippen molar-refractivity contribution >= 4 is 0 Å². The molecule has 2 N–H and O–H groups in total. The van der Waals surface area contributed by atoms with Crippen molar-refractivity contribution in [2.75, 3.05) is 7.11 Å². The molecule has 0 aromatic heterocycles. The molecule has 0 bridgehead atoms. The van der Waals surface area contributed by atoms with Crippen LogP contribution in [0.25, 0.3) is 0 Å². The fourth-order valence-electron chi connectivity index (χ4n) is 1.70. The van der Waals surface area contributed by atoms with E-state index in [2.05, 4.69) is 0 Å². The van der Waals surface area contributed by atoms with E-state index in [0.29, 0.717) is 5.56 Å². The van der Waals surface area contributed by atoms with Gasteiger partial charge in [-0.1, -0.05) is 19.4 Å². The average molecular weight is 229 g/mol. The molecule has 2 atom stereocenters. The molecule has 16 heavy (non-hydrogen) atoms. The quantitative estimate of drug-likeness (QED) is 0.842. The Hall–Kier alpha value is -1.00. The summed E-state index contributed by atoms with van der Waals surface area (Å²) >= 11 is 0. The van der Waals surface area contributed by atoms with Crippen molar-refractivity contribution in [2.24, 2.45) is 5.73 Å². The van der Waals surface area contributed by atoms with Crippen LogP contribution in [0.15, 0.2) is 18.2 Å². The van der Waals surface area contributed by atoms with E-state index in [9.17, 15) is 8.78 Å². The van der Waals surface area contributed by atoms with E-state index in [1.165, 1.54) is 12.1 Å². The molecule has 0 aliphatic carbocycles. The zero-order valence-electron chi connectivity index (χ0n) is 9.54. The third kappa shape index (κ3) is 3.00. The first-order valence-electron chi connectivity index (χ1n) is 5.33. The number of hydrogen-bond donors (Lipinski definition) is 1. The minimum absolute atomic E-state index is 0.245. The van der Waals surface area contributed by atoms with Gasteiger partial charge in [0.15, 0.2) is 0 Å². The highest BCUT2D eigenvalue weighted by Gasteiger charge is 2.21. The van der Waals surface area contributed by atoms with E-state index in [1.54, 1.807) is 7.11 Å². The number of nitrogens with two attached hydrogens (primary N) is 1. The molecule has 0 saturated heterocycles. The summed E-state index contributed by atoms with van der Waals surface area (Å²) in [6.07, 6.45) is 1.40. The molecular formula is C12H17F2NO. The second kappa shape index (κ2) is 5.92. The van der Waals surface area contributed by atoms with Crippen LogP contribution in [0.4, 0.5) is 8.78 Å². The van der Waals surface area contributed by atoms with Gasteiger partial charge in [0.2, 0.25) is 0 Å². The Labute approximate surface area is 94.4 Å². The molecule has 2 nitrogen and oxygen atoms in total. The van der Waals surface area contributed by atoms with Crippen molar-refractivity contribution in [1.29, 1.82) is 0 Å². The fourth-order valence-corrected chi connectivity index (χ4v) is 1.70. The fraction of sp³-hybridized carbons (Fsp3) is 0.500. The molecule has 0 saturated carbocycles. The smallest absolute Gasteiger partial charge is 0.130 e. The van der Waals surface area contributed by atoms with E-state index in [4.69, 9.17) is 10.5 Å². The van der Waals surface area contributed by atoms with Crippen LogP contribution in [0.1, 0.15) is 31.4 Å². The molecule has 0 fully saturated rings. The third-order valence-corrected chi connectivity index (χ3v) is 2.60. The number of hydrogen-bond acceptors (Lipinski definition) is 2. The van der Waals surface area contributed by atoms with Crippen LogP contribution in [0, 0.1) is 11.6 Å². The molecular weight excluding hydrogens is 212 g/mol. The summed E-state index contributed by atoms with van der Waals surface area (Å²) < 4.78 is 31.4. The molecule has 0 spiro atoms. The Balaban J connectivity index is 2.89. The summed E-state index contributed by atoms with van der Waals surface area (Å²) in [5.41, 5.74) is 6.19. The first-order valence-corrected chi connectivity index (χ1v) is 5.33. The van der Waals surface area contributed by atoms with Gasteiger partial charge in [0, 0.05) is 18.7 Å². The SMILES string of the molecule is CCCC(OC)C(N)c1ccc(F)cc1F. The topological polar surface area (TPSA) is 35.2 Å². The molecule has 0 aliphatic rings. The van der Waals surface area contributed by atoms with Crippen molar-refractivity contribution in [2.45, 2.75) is 31.9 Å². The second-order valence-corrected chi connectivity index (χ2v) is 3.75. The number of rotatable bonds is 5. The summed E-state index contributed by atoms with van der Waals surface area (Å²) in [5, 5.41) is 0. The molecule has 1 aromatic rings. The molecule has 0 heterocycles. The van der Waals surface area contributed by atoms with Gasteiger partial charge >= 0.3 is 0 Å². The van der Waals surface area contributed by atoms with Crippen LogP contribution in [-0.2, 0) is 4.74 Å². The van der Waals surface area contributed by atoms with E-state index >= 15 is 0 Å². The molecule has 2 unspecified atom stereocenters. The van der Waals surface area contributed by atoms with Crippen LogP contribution in [0.2, 0.25) is 0 Å². The van der Waals surface area contributed by atoms with Gasteiger partial charge in [-0.2, -0.15) is 0 Å². The summed E-state index contributed by atoms with van der Waals surface area (Å²) in [7, 11) is 1.54. The van der Waals surface area contributed by atoms with E-state index < -0.39 is 17.7 Å². The molecule has 1 rings (SSSR count). The van der Waals surface area contributed by atoms with E-state index in [0.717, 1.165) is 18.9 Å². The van der Waals surface area contributed by atoms with E-state index in [-0.39, 0.29) is 6.10 Å². The Morgan fingerprint density at radius 1 is 1.38 bits per heavy atom. The summed E-state index contributed by atoms with van der Waals surface area (Å²) in [5.74, 6) is -1.22. The van der Waals surface area contributed by atoms with Crippen molar-refractivity contribution in [3.63, 3.8) is 0 Å². The van der Waals surface area contributed by atoms with Crippen molar-refractivity contribution < 1.29 is 13.5 Å². The Kier molecular flexibility index (Phi) is 4.83. The molecule has 1 aromatic carbocycles. The van der Waals surface area contributed by atoms with Gasteiger partial charge in [-0.15, -0.1) is 0 Å². The number of halogens is 2. The standard InChI is InChI=1S/C12H17F2NO/c1-3-4-11(16-2)12(15)9-6-5-8(13)7-10(9)14/h5-7,11-12H,3-4,15H2,1-2H3. The number of benzene rings is 1. The Morgan fingerprint density at radius 3 is 2.56 bits per heavy atom. The summed E-state index contributed by atoms with van der Waals surface area (Å²) in [6, 6.07) is 2.85. The lowest BCUT2D eigenvalue weighted by molar-refractivity contribution is 0.0715. The molecule has 0 aliphatic heterocycles. The Bertz CT molecular complexity index is 344. The van der Waals surface area contributed by atoms with Crippen molar-refractivity contribution in [3.05, 3.63) is 35.4 Å². The first-order chi connectivity index (χ1) is 7.60. The molecule has 90 valence electrons. The zero-order valence-corrected chi connectivity index (χ0v) is 9.54. The van der Waals surface area contributed by atoms with Crippen molar-refractivity contribution in [1.82, 2.24) is 0 Å². The maximum absolute atomic E-state index is 13.5. The van der Waals surface area contributed by atoms with Gasteiger partial charge in [0.05, 0.1) is 12.1 Å². The monoisotopic (exact) mass is 229 g/mol. The van der Waals surface area contributed by atoms with Crippen LogP contribution in [-0.4, -0.2) is 13.2 Å². The maximum Gasteiger partial charge on any atom is 0.130 e. The van der Waals surface area contributed by atoms with Gasteiger partial charge in [0.25, 0.3) is 0 Å². The predicted molar refractivity (Wildman–Crippen MR) is 59.0 cm³/mol. The lowest BCUT2D eigenvalue weighted by Gasteiger charge is -2.22. The minimum atomic E-state index is -0.620. The zero-order chi connectivity index (χ0) is 12.1. The average Bonchev–Trinajstić information content (AvgIpc) is 2.25. The molecule has 0 radical (unpaired) electrons. The predicted octanol–water partition coefficient (Wildman–Crippen LogP) is 2.78. The van der Waals surface area contributed by atoms with Gasteiger partial charge in [0.1, 0.15) is 11.6 Å². The summed E-state index contributed by atoms with van der Waals surface area (Å²) in [4.78, 5) is 0. The van der Waals surface area contributed by atoms with Crippen molar-refractivity contribution in [3.8, 4) is 0 Å². The third-order valence-electron chi connectivity index (χ3n) is 2.60. The number of methoxy groups -OCH3 is 1. The summed E-state index contributed by atoms with van der Waals surface area (Å²) in [6.45, 7) is 2.00. The minimum Gasteiger partial charge on any atom is -0.379 e. The number of ether oxygens (including phenoxy) is 1. The van der Waals surface area contributed by atoms with Crippen LogP contribution >= 0.6 is 0 Å². The van der Waals surface area contributed by atoms with Gasteiger partial charge in [-0.3, -0.25) is 0 Å². The highest BCUT2D eigenvalue weighted by molar-refractivity contribution is 5.22. The normalized spacial score (nSPS) is 14.8. The molecule has 0 amide bonds. The lowest BCUT2D eigenvalue weighted by atomic mass is 9.98. The maximum atomic E-state index is 13.5. The second-order valence-electron chi connectivity index (χ2n) is 3.75. The van der Waals surface area contributed by atoms with E-state index in [1.807, 2.05) is 6.92 Å². The highest BCUT2D eigenvalue weighted by atomic mass is 19.1. The Morgan fingerprint density at radius 2 is 2.06 bits per heavy atom. The van der Waals surface area contributed by atoms with Crippen LogP contribution in [0.3, 0.4) is 0 Å². The van der Waals surface area contributed by atoms with Gasteiger partial charge in [-0.25, -0.2) is 8.78 Å². The highest BCUT2D eigenvalue weighted by Crippen LogP contribution is 2.22. The lowest BCUT2D eigenvalue weighted by Crippen LogP contribution is -2.28. The van der Waals surface area contributed by atoms with Gasteiger partial charge < -0.3 is 10.5 Å². The van der Waals surface area contributed by atoms with Crippen LogP contribution < -0.4 is 5.73 Å². The van der Waals surface area contributed by atoms with Gasteiger partial charge in [-0.05, 0) is 12.5 Å². The first kappa shape index (κ1) is 13.1. The van der Waals surface area contributed by atoms with Crippen LogP contribution in [0.5, 0.6) is 0 Å². The largest absolute Gasteiger partial charge is 0.379 e.